The molecule has 0 bridgehead atoms. The molecule has 1 aromatic heterocycles. The van der Waals surface area contributed by atoms with E-state index in [2.05, 4.69) is 15.7 Å². The van der Waals surface area contributed by atoms with Crippen molar-refractivity contribution in [3.63, 3.8) is 0 Å². The number of ether oxygens (including phenoxy) is 1. The van der Waals surface area contributed by atoms with Crippen molar-refractivity contribution in [3.05, 3.63) is 71.8 Å². The number of amides is 2. The summed E-state index contributed by atoms with van der Waals surface area (Å²) in [6.07, 6.45) is 1.01. The van der Waals surface area contributed by atoms with Crippen molar-refractivity contribution in [1.29, 1.82) is 0 Å². The molecule has 0 fully saturated rings. The monoisotopic (exact) mass is 382 g/mol. The first-order chi connectivity index (χ1) is 13.5. The van der Waals surface area contributed by atoms with E-state index in [9.17, 15) is 14.0 Å². The summed E-state index contributed by atoms with van der Waals surface area (Å²) < 4.78 is 19.7. The van der Waals surface area contributed by atoms with Gasteiger partial charge in [0, 0.05) is 17.6 Å². The van der Waals surface area contributed by atoms with Crippen molar-refractivity contribution >= 4 is 23.4 Å². The highest BCUT2D eigenvalue weighted by molar-refractivity contribution is 6.04. The van der Waals surface area contributed by atoms with Gasteiger partial charge < -0.3 is 10.1 Å². The molecular formula is C20H19FN4O3. The van der Waals surface area contributed by atoms with E-state index < -0.39 is 12.0 Å². The Kier molecular flexibility index (Phi) is 5.69. The van der Waals surface area contributed by atoms with Crippen LogP contribution in [-0.2, 0) is 4.74 Å². The van der Waals surface area contributed by atoms with E-state index >= 15 is 0 Å². The zero-order valence-corrected chi connectivity index (χ0v) is 15.4. The van der Waals surface area contributed by atoms with Gasteiger partial charge in [0.15, 0.2) is 5.69 Å². The molecule has 0 spiro atoms. The molecular weight excluding hydrogens is 363 g/mol. The predicted molar refractivity (Wildman–Crippen MR) is 103 cm³/mol. The molecule has 0 saturated carbocycles. The molecule has 2 N–H and O–H groups in total. The first-order valence-electron chi connectivity index (χ1n) is 8.64. The van der Waals surface area contributed by atoms with Crippen molar-refractivity contribution in [3.8, 4) is 5.69 Å². The van der Waals surface area contributed by atoms with Crippen LogP contribution in [0.25, 0.3) is 5.69 Å². The first kappa shape index (κ1) is 19.1. The van der Waals surface area contributed by atoms with Gasteiger partial charge in [-0.1, -0.05) is 12.1 Å². The molecule has 3 rings (SSSR count). The van der Waals surface area contributed by atoms with Crippen LogP contribution in [0.15, 0.2) is 54.7 Å². The summed E-state index contributed by atoms with van der Waals surface area (Å²) in [5.74, 6) is -0.813. The zero-order chi connectivity index (χ0) is 20.1. The topological polar surface area (TPSA) is 85.3 Å². The summed E-state index contributed by atoms with van der Waals surface area (Å²) in [6, 6.07) is 12.6. The first-order valence-corrected chi connectivity index (χ1v) is 8.64. The van der Waals surface area contributed by atoms with Gasteiger partial charge in [0.2, 0.25) is 0 Å². The molecule has 0 atom stereocenters. The molecule has 28 heavy (non-hydrogen) atoms. The predicted octanol–water partition coefficient (Wildman–Crippen LogP) is 4.14. The minimum Gasteiger partial charge on any atom is -0.450 e. The number of nitrogens with one attached hydrogen (secondary N) is 2. The van der Waals surface area contributed by atoms with Crippen LogP contribution >= 0.6 is 0 Å². The Bertz CT molecular complexity index is 1020. The van der Waals surface area contributed by atoms with Crippen LogP contribution in [-0.4, -0.2) is 28.4 Å². The minimum absolute atomic E-state index is 0.174. The molecule has 2 aromatic carbocycles. The summed E-state index contributed by atoms with van der Waals surface area (Å²) in [4.78, 5) is 24.2. The molecule has 2 amide bonds. The van der Waals surface area contributed by atoms with E-state index in [-0.39, 0.29) is 18.1 Å². The summed E-state index contributed by atoms with van der Waals surface area (Å²) in [5, 5.41) is 9.59. The maximum atomic E-state index is 13.4. The number of benzene rings is 2. The molecule has 0 saturated heterocycles. The maximum absolute atomic E-state index is 13.4. The molecule has 144 valence electrons. The second-order valence-corrected chi connectivity index (χ2v) is 5.90. The summed E-state index contributed by atoms with van der Waals surface area (Å²) in [5.41, 5.74) is 2.41. The molecule has 0 radical (unpaired) electrons. The van der Waals surface area contributed by atoms with Gasteiger partial charge in [-0.15, -0.1) is 0 Å². The van der Waals surface area contributed by atoms with E-state index in [4.69, 9.17) is 4.74 Å². The lowest BCUT2D eigenvalue weighted by Crippen LogP contribution is -2.17. The summed E-state index contributed by atoms with van der Waals surface area (Å²) in [7, 11) is 0. The van der Waals surface area contributed by atoms with E-state index in [1.807, 2.05) is 0 Å². The van der Waals surface area contributed by atoms with Gasteiger partial charge in [0.1, 0.15) is 5.82 Å². The van der Waals surface area contributed by atoms with Crippen LogP contribution in [0.5, 0.6) is 0 Å². The quantitative estimate of drug-likeness (QED) is 0.694. The van der Waals surface area contributed by atoms with Gasteiger partial charge in [-0.3, -0.25) is 10.1 Å². The van der Waals surface area contributed by atoms with Gasteiger partial charge in [-0.25, -0.2) is 13.9 Å². The van der Waals surface area contributed by atoms with Crippen LogP contribution in [0.1, 0.15) is 23.0 Å². The third-order valence-electron chi connectivity index (χ3n) is 3.99. The number of aromatic nitrogens is 2. The number of hydrogen-bond acceptors (Lipinski definition) is 4. The molecule has 0 aliphatic heterocycles. The Morgan fingerprint density at radius 2 is 1.82 bits per heavy atom. The Labute approximate surface area is 161 Å². The molecule has 8 heteroatoms. The van der Waals surface area contributed by atoms with Crippen LogP contribution in [0.2, 0.25) is 0 Å². The third kappa shape index (κ3) is 4.35. The number of rotatable bonds is 5. The fourth-order valence-electron chi connectivity index (χ4n) is 2.58. The van der Waals surface area contributed by atoms with Crippen molar-refractivity contribution in [2.24, 2.45) is 0 Å². The second-order valence-electron chi connectivity index (χ2n) is 5.90. The average Bonchev–Trinajstić information content (AvgIpc) is 3.15. The molecule has 3 aromatic rings. The number of anilines is 2. The van der Waals surface area contributed by atoms with E-state index in [1.165, 1.54) is 22.9 Å². The number of hydrogen-bond donors (Lipinski definition) is 2. The van der Waals surface area contributed by atoms with Crippen molar-refractivity contribution in [1.82, 2.24) is 9.78 Å². The van der Waals surface area contributed by atoms with Gasteiger partial charge in [-0.2, -0.15) is 5.10 Å². The molecule has 1 heterocycles. The van der Waals surface area contributed by atoms with Crippen LogP contribution in [0.4, 0.5) is 20.6 Å². The van der Waals surface area contributed by atoms with Crippen molar-refractivity contribution in [2.45, 2.75) is 13.8 Å². The zero-order valence-electron chi connectivity index (χ0n) is 15.4. The highest BCUT2D eigenvalue weighted by Gasteiger charge is 2.14. The normalized spacial score (nSPS) is 10.4. The van der Waals surface area contributed by atoms with Gasteiger partial charge in [0.25, 0.3) is 5.91 Å². The number of carbonyl (C=O) groups excluding carboxylic acids is 2. The molecule has 0 aliphatic rings. The van der Waals surface area contributed by atoms with E-state index in [0.717, 1.165) is 0 Å². The Balaban J connectivity index is 1.76. The number of carbonyl (C=O) groups is 2. The van der Waals surface area contributed by atoms with Crippen LogP contribution in [0.3, 0.4) is 0 Å². The van der Waals surface area contributed by atoms with E-state index in [1.54, 1.807) is 50.4 Å². The second kappa shape index (κ2) is 8.34. The van der Waals surface area contributed by atoms with Crippen molar-refractivity contribution in [2.75, 3.05) is 17.2 Å². The fraction of sp³-hybridized carbons (Fsp3) is 0.150. The summed E-state index contributed by atoms with van der Waals surface area (Å²) >= 11 is 0. The average molecular weight is 382 g/mol. The molecule has 7 nitrogen and oxygen atoms in total. The third-order valence-corrected chi connectivity index (χ3v) is 3.99. The van der Waals surface area contributed by atoms with Crippen LogP contribution < -0.4 is 10.6 Å². The Morgan fingerprint density at radius 1 is 1.11 bits per heavy atom. The van der Waals surface area contributed by atoms with Gasteiger partial charge in [0.05, 0.1) is 12.3 Å². The lowest BCUT2D eigenvalue weighted by molar-refractivity contribution is 0.102. The standard InChI is InChI=1S/C20H19FN4O3/c1-3-28-20(27)23-17-9-5-8-16(13(17)2)22-19(26)18-10-11-25(24-18)15-7-4-6-14(21)12-15/h4-12H,3H2,1-2H3,(H,22,26)(H,23,27). The number of nitrogens with zero attached hydrogens (tertiary/aromatic N) is 2. The molecule has 0 aliphatic carbocycles. The van der Waals surface area contributed by atoms with Crippen LogP contribution in [0, 0.1) is 12.7 Å². The number of halogens is 1. The van der Waals surface area contributed by atoms with Gasteiger partial charge in [-0.05, 0) is 55.8 Å². The summed E-state index contributed by atoms with van der Waals surface area (Å²) in [6.45, 7) is 3.74. The minimum atomic E-state index is -0.567. The van der Waals surface area contributed by atoms with Gasteiger partial charge >= 0.3 is 6.09 Å². The lowest BCUT2D eigenvalue weighted by Gasteiger charge is -2.12. The Hall–Kier alpha value is -3.68. The maximum Gasteiger partial charge on any atom is 0.411 e. The molecule has 0 unspecified atom stereocenters. The highest BCUT2D eigenvalue weighted by atomic mass is 19.1. The fourth-order valence-corrected chi connectivity index (χ4v) is 2.58. The Morgan fingerprint density at radius 3 is 2.54 bits per heavy atom. The SMILES string of the molecule is CCOC(=O)Nc1cccc(NC(=O)c2ccn(-c3cccc(F)c3)n2)c1C. The largest absolute Gasteiger partial charge is 0.450 e. The lowest BCUT2D eigenvalue weighted by atomic mass is 10.1. The van der Waals surface area contributed by atoms with E-state index in [0.29, 0.717) is 22.6 Å². The smallest absolute Gasteiger partial charge is 0.411 e. The highest BCUT2D eigenvalue weighted by Crippen LogP contribution is 2.24. The van der Waals surface area contributed by atoms with Crippen molar-refractivity contribution < 1.29 is 18.7 Å².